The Labute approximate surface area is 165 Å². The number of anilines is 1. The number of benzene rings is 2. The minimum absolute atomic E-state index is 0.00575. The van der Waals surface area contributed by atoms with Gasteiger partial charge in [0, 0.05) is 17.9 Å². The van der Waals surface area contributed by atoms with Crippen molar-refractivity contribution in [3.05, 3.63) is 77.6 Å². The molecular weight excluding hydrogens is 350 g/mol. The highest BCUT2D eigenvalue weighted by atomic mass is 16.3. The van der Waals surface area contributed by atoms with Gasteiger partial charge in [0.25, 0.3) is 0 Å². The lowest BCUT2D eigenvalue weighted by Gasteiger charge is -2.14. The first-order chi connectivity index (χ1) is 13.6. The minimum Gasteiger partial charge on any atom is -0.392 e. The number of nitrogens with one attached hydrogen (secondary N) is 1. The molecular formula is C23H25N3O2. The normalized spacial score (nSPS) is 11.8. The van der Waals surface area contributed by atoms with Crippen molar-refractivity contribution in [2.24, 2.45) is 5.92 Å². The molecule has 1 heterocycles. The number of aliphatic hydroxyl groups excluding tert-OH is 1. The van der Waals surface area contributed by atoms with E-state index in [2.05, 4.69) is 10.3 Å². The molecule has 1 unspecified atom stereocenters. The highest BCUT2D eigenvalue weighted by Crippen LogP contribution is 2.23. The molecule has 0 saturated heterocycles. The fourth-order valence-electron chi connectivity index (χ4n) is 2.79. The predicted molar refractivity (Wildman–Crippen MR) is 111 cm³/mol. The molecule has 1 amide bonds. The Morgan fingerprint density at radius 1 is 1.07 bits per heavy atom. The molecule has 0 radical (unpaired) electrons. The van der Waals surface area contributed by atoms with Crippen molar-refractivity contribution >= 4 is 11.7 Å². The maximum Gasteiger partial charge on any atom is 0.228 e. The van der Waals surface area contributed by atoms with E-state index in [0.29, 0.717) is 12.2 Å². The minimum atomic E-state index is -0.0860. The van der Waals surface area contributed by atoms with Gasteiger partial charge >= 0.3 is 0 Å². The van der Waals surface area contributed by atoms with Crippen LogP contribution in [0.25, 0.3) is 11.3 Å². The molecule has 2 aromatic carbocycles. The van der Waals surface area contributed by atoms with Crippen LogP contribution in [0, 0.1) is 5.92 Å². The topological polar surface area (TPSA) is 75.1 Å². The molecule has 3 aromatic rings. The number of hydrogen-bond donors (Lipinski definition) is 2. The number of nitrogens with zero attached hydrogens (tertiary/aromatic N) is 2. The second kappa shape index (κ2) is 9.24. The zero-order valence-corrected chi connectivity index (χ0v) is 16.2. The van der Waals surface area contributed by atoms with Crippen LogP contribution in [0.4, 0.5) is 5.82 Å². The van der Waals surface area contributed by atoms with E-state index in [4.69, 9.17) is 4.98 Å². The van der Waals surface area contributed by atoms with Crippen LogP contribution in [0.5, 0.6) is 0 Å². The molecule has 144 valence electrons. The van der Waals surface area contributed by atoms with E-state index < -0.39 is 0 Å². The largest absolute Gasteiger partial charge is 0.392 e. The highest BCUT2D eigenvalue weighted by Gasteiger charge is 2.16. The van der Waals surface area contributed by atoms with Crippen molar-refractivity contribution in [1.82, 2.24) is 9.97 Å². The summed E-state index contributed by atoms with van der Waals surface area (Å²) in [5.41, 5.74) is 4.32. The Balaban J connectivity index is 1.95. The molecule has 3 rings (SSSR count). The molecule has 0 saturated carbocycles. The maximum absolute atomic E-state index is 12.4. The fourth-order valence-corrected chi connectivity index (χ4v) is 2.79. The predicted octanol–water partition coefficient (Wildman–Crippen LogP) is 4.21. The number of aliphatic hydroxyl groups is 1. The van der Waals surface area contributed by atoms with Gasteiger partial charge in [-0.2, -0.15) is 0 Å². The second-order valence-electron chi connectivity index (χ2n) is 6.87. The van der Waals surface area contributed by atoms with E-state index in [1.165, 1.54) is 0 Å². The van der Waals surface area contributed by atoms with Crippen LogP contribution in [-0.2, 0) is 17.8 Å². The molecule has 0 aliphatic heterocycles. The Morgan fingerprint density at radius 2 is 1.79 bits per heavy atom. The summed E-state index contributed by atoms with van der Waals surface area (Å²) < 4.78 is 0. The third-order valence-electron chi connectivity index (χ3n) is 4.79. The van der Waals surface area contributed by atoms with Gasteiger partial charge in [-0.05, 0) is 17.5 Å². The van der Waals surface area contributed by atoms with E-state index in [-0.39, 0.29) is 18.4 Å². The molecule has 28 heavy (non-hydrogen) atoms. The van der Waals surface area contributed by atoms with Crippen molar-refractivity contribution in [3.63, 3.8) is 0 Å². The van der Waals surface area contributed by atoms with Crippen LogP contribution < -0.4 is 5.32 Å². The summed E-state index contributed by atoms with van der Waals surface area (Å²) in [5.74, 6) is 0.369. The van der Waals surface area contributed by atoms with Gasteiger partial charge in [-0.15, -0.1) is 0 Å². The standard InChI is InChI=1S/C23H25N3O2/c1-3-16(2)23(28)26-22-20(13-17-7-5-4-6-8-17)25-21(14-24-22)19-11-9-18(15-27)10-12-19/h4-12,14,16,27H,3,13,15H2,1-2H3,(H,24,26,28). The summed E-state index contributed by atoms with van der Waals surface area (Å²) in [6, 6.07) is 17.6. The number of amides is 1. The summed E-state index contributed by atoms with van der Waals surface area (Å²) in [4.78, 5) is 21.7. The van der Waals surface area contributed by atoms with Gasteiger partial charge in [0.1, 0.15) is 0 Å². The molecule has 0 bridgehead atoms. The third-order valence-corrected chi connectivity index (χ3v) is 4.79. The first-order valence-electron chi connectivity index (χ1n) is 9.51. The first-order valence-corrected chi connectivity index (χ1v) is 9.51. The molecule has 0 aliphatic carbocycles. The van der Waals surface area contributed by atoms with Gasteiger partial charge in [0.05, 0.1) is 24.2 Å². The van der Waals surface area contributed by atoms with E-state index in [0.717, 1.165) is 34.5 Å². The lowest BCUT2D eigenvalue weighted by atomic mass is 10.1. The van der Waals surface area contributed by atoms with Crippen LogP contribution in [0.3, 0.4) is 0 Å². The Hall–Kier alpha value is -3.05. The number of carbonyl (C=O) groups is 1. The molecule has 2 N–H and O–H groups in total. The quantitative estimate of drug-likeness (QED) is 0.649. The third kappa shape index (κ3) is 4.81. The van der Waals surface area contributed by atoms with Gasteiger partial charge in [-0.1, -0.05) is 68.4 Å². The van der Waals surface area contributed by atoms with Gasteiger partial charge < -0.3 is 10.4 Å². The van der Waals surface area contributed by atoms with Crippen molar-refractivity contribution in [2.45, 2.75) is 33.3 Å². The van der Waals surface area contributed by atoms with E-state index >= 15 is 0 Å². The molecule has 0 fully saturated rings. The number of aromatic nitrogens is 2. The first kappa shape index (κ1) is 19.7. The lowest BCUT2D eigenvalue weighted by Crippen LogP contribution is -2.21. The average Bonchev–Trinajstić information content (AvgIpc) is 2.75. The monoisotopic (exact) mass is 375 g/mol. The zero-order chi connectivity index (χ0) is 19.9. The lowest BCUT2D eigenvalue weighted by molar-refractivity contribution is -0.119. The molecule has 0 aliphatic rings. The van der Waals surface area contributed by atoms with Crippen LogP contribution in [0.1, 0.15) is 37.1 Å². The molecule has 0 spiro atoms. The summed E-state index contributed by atoms with van der Waals surface area (Å²) >= 11 is 0. The van der Waals surface area contributed by atoms with Crippen molar-refractivity contribution in [3.8, 4) is 11.3 Å². The summed E-state index contributed by atoms with van der Waals surface area (Å²) in [5, 5.41) is 12.2. The smallest absolute Gasteiger partial charge is 0.228 e. The molecule has 1 atom stereocenters. The van der Waals surface area contributed by atoms with Crippen molar-refractivity contribution < 1.29 is 9.90 Å². The van der Waals surface area contributed by atoms with Crippen LogP contribution in [0.2, 0.25) is 0 Å². The van der Waals surface area contributed by atoms with Gasteiger partial charge in [-0.3, -0.25) is 4.79 Å². The molecule has 5 heteroatoms. The summed E-state index contributed by atoms with van der Waals surface area (Å²) in [7, 11) is 0. The number of rotatable bonds is 7. The highest BCUT2D eigenvalue weighted by molar-refractivity contribution is 5.92. The van der Waals surface area contributed by atoms with Crippen LogP contribution in [-0.4, -0.2) is 21.0 Å². The zero-order valence-electron chi connectivity index (χ0n) is 16.2. The van der Waals surface area contributed by atoms with E-state index in [1.54, 1.807) is 6.20 Å². The van der Waals surface area contributed by atoms with Crippen LogP contribution in [0.15, 0.2) is 60.8 Å². The van der Waals surface area contributed by atoms with Gasteiger partial charge in [0.15, 0.2) is 5.82 Å². The summed E-state index contributed by atoms with van der Waals surface area (Å²) in [6.45, 7) is 3.89. The van der Waals surface area contributed by atoms with Crippen molar-refractivity contribution in [1.29, 1.82) is 0 Å². The van der Waals surface area contributed by atoms with Crippen molar-refractivity contribution in [2.75, 3.05) is 5.32 Å². The fraction of sp³-hybridized carbons (Fsp3) is 0.261. The molecule has 1 aromatic heterocycles. The van der Waals surface area contributed by atoms with Crippen LogP contribution >= 0.6 is 0 Å². The number of hydrogen-bond acceptors (Lipinski definition) is 4. The Kier molecular flexibility index (Phi) is 6.50. The Morgan fingerprint density at radius 3 is 2.43 bits per heavy atom. The summed E-state index contributed by atoms with van der Waals surface area (Å²) in [6.07, 6.45) is 3.02. The van der Waals surface area contributed by atoms with Gasteiger partial charge in [-0.25, -0.2) is 9.97 Å². The number of carbonyl (C=O) groups excluding carboxylic acids is 1. The second-order valence-corrected chi connectivity index (χ2v) is 6.87. The maximum atomic E-state index is 12.4. The van der Waals surface area contributed by atoms with Gasteiger partial charge in [0.2, 0.25) is 5.91 Å². The Bertz CT molecular complexity index is 924. The SMILES string of the molecule is CCC(C)C(=O)Nc1ncc(-c2ccc(CO)cc2)nc1Cc1ccccc1. The van der Waals surface area contributed by atoms with E-state index in [9.17, 15) is 9.90 Å². The molecule has 5 nitrogen and oxygen atoms in total. The van der Waals surface area contributed by atoms with E-state index in [1.807, 2.05) is 68.4 Å². The average molecular weight is 375 g/mol.